The molecule has 0 aliphatic carbocycles. The van der Waals surface area contributed by atoms with Crippen LogP contribution in [0.3, 0.4) is 0 Å². The van der Waals surface area contributed by atoms with Crippen molar-refractivity contribution in [2.45, 2.75) is 32.4 Å². The molecule has 1 N–H and O–H groups in total. The quantitative estimate of drug-likeness (QED) is 0.856. The third kappa shape index (κ3) is 2.82. The Morgan fingerprint density at radius 1 is 1.45 bits per heavy atom. The molecule has 0 unspecified atom stereocenters. The molecule has 0 saturated carbocycles. The zero-order valence-corrected chi connectivity index (χ0v) is 11.9. The van der Waals surface area contributed by atoms with Gasteiger partial charge in [-0.1, -0.05) is 0 Å². The maximum atomic E-state index is 12.4. The summed E-state index contributed by atoms with van der Waals surface area (Å²) in [5.41, 5.74) is 0.170. The normalized spacial score (nSPS) is 19.9. The van der Waals surface area contributed by atoms with E-state index in [-0.39, 0.29) is 24.6 Å². The Morgan fingerprint density at radius 2 is 2.15 bits per heavy atom. The van der Waals surface area contributed by atoms with Crippen LogP contribution in [0.4, 0.5) is 0 Å². The van der Waals surface area contributed by atoms with Crippen molar-refractivity contribution in [1.29, 1.82) is 0 Å². The number of morpholine rings is 1. The first-order chi connectivity index (χ1) is 9.30. The van der Waals surface area contributed by atoms with Crippen molar-refractivity contribution in [3.8, 4) is 0 Å². The molecule has 2 rings (SSSR count). The number of aliphatic carboxylic acids is 1. The van der Waals surface area contributed by atoms with Crippen molar-refractivity contribution in [3.63, 3.8) is 0 Å². The van der Waals surface area contributed by atoms with Crippen LogP contribution < -0.4 is 0 Å². The van der Waals surface area contributed by atoms with E-state index in [0.717, 1.165) is 0 Å². The summed E-state index contributed by atoms with van der Waals surface area (Å²) < 4.78 is 6.81. The predicted molar refractivity (Wildman–Crippen MR) is 70.5 cm³/mol. The number of aromatic nitrogens is 2. The number of hydrogen-bond acceptors (Lipinski definition) is 4. The van der Waals surface area contributed by atoms with E-state index >= 15 is 0 Å². The highest BCUT2D eigenvalue weighted by molar-refractivity contribution is 5.96. The highest BCUT2D eigenvalue weighted by Crippen LogP contribution is 2.16. The zero-order valence-electron chi connectivity index (χ0n) is 11.9. The van der Waals surface area contributed by atoms with Crippen LogP contribution in [0.1, 0.15) is 31.1 Å². The third-order valence-electron chi connectivity index (χ3n) is 3.19. The van der Waals surface area contributed by atoms with Gasteiger partial charge in [-0.05, 0) is 20.8 Å². The Hall–Kier alpha value is -1.89. The van der Waals surface area contributed by atoms with Crippen LogP contribution >= 0.6 is 0 Å². The summed E-state index contributed by atoms with van der Waals surface area (Å²) in [6.07, 6.45) is 3.12. The smallest absolute Gasteiger partial charge is 0.328 e. The first kappa shape index (κ1) is 14.5. The van der Waals surface area contributed by atoms with Crippen molar-refractivity contribution in [2.75, 3.05) is 19.8 Å². The van der Waals surface area contributed by atoms with Gasteiger partial charge in [0.1, 0.15) is 0 Å². The fraction of sp³-hybridized carbons (Fsp3) is 0.615. The van der Waals surface area contributed by atoms with Crippen molar-refractivity contribution in [3.05, 3.63) is 18.0 Å². The fourth-order valence-electron chi connectivity index (χ4n) is 2.02. The van der Waals surface area contributed by atoms with Gasteiger partial charge >= 0.3 is 5.97 Å². The van der Waals surface area contributed by atoms with Gasteiger partial charge in [0.2, 0.25) is 0 Å². The van der Waals surface area contributed by atoms with E-state index in [1.807, 2.05) is 20.8 Å². The van der Waals surface area contributed by atoms with Gasteiger partial charge in [0.15, 0.2) is 6.04 Å². The highest BCUT2D eigenvalue weighted by atomic mass is 16.5. The lowest BCUT2D eigenvalue weighted by atomic mass is 10.1. The van der Waals surface area contributed by atoms with Gasteiger partial charge in [0.25, 0.3) is 5.91 Å². The van der Waals surface area contributed by atoms with Crippen LogP contribution in [0, 0.1) is 0 Å². The third-order valence-corrected chi connectivity index (χ3v) is 3.19. The molecular formula is C13H19N3O4. The van der Waals surface area contributed by atoms with E-state index in [1.165, 1.54) is 11.1 Å². The number of nitrogens with zero attached hydrogens (tertiary/aromatic N) is 3. The van der Waals surface area contributed by atoms with E-state index < -0.39 is 12.0 Å². The minimum absolute atomic E-state index is 0.0223. The summed E-state index contributed by atoms with van der Waals surface area (Å²) in [7, 11) is 0. The summed E-state index contributed by atoms with van der Waals surface area (Å²) in [5.74, 6) is -1.38. The molecule has 1 saturated heterocycles. The van der Waals surface area contributed by atoms with E-state index in [0.29, 0.717) is 12.2 Å². The van der Waals surface area contributed by atoms with Crippen LogP contribution in [0.15, 0.2) is 12.4 Å². The van der Waals surface area contributed by atoms with Gasteiger partial charge in [-0.25, -0.2) is 4.79 Å². The summed E-state index contributed by atoms with van der Waals surface area (Å²) in [6.45, 7) is 6.57. The number of hydrogen-bond donors (Lipinski definition) is 1. The molecule has 0 radical (unpaired) electrons. The largest absolute Gasteiger partial charge is 0.480 e. The summed E-state index contributed by atoms with van der Waals surface area (Å²) in [4.78, 5) is 24.9. The zero-order chi connectivity index (χ0) is 14.9. The second-order valence-electron chi connectivity index (χ2n) is 5.77. The average molecular weight is 281 g/mol. The fourth-order valence-corrected chi connectivity index (χ4v) is 2.02. The lowest BCUT2D eigenvalue weighted by molar-refractivity contribution is -0.147. The summed E-state index contributed by atoms with van der Waals surface area (Å²) >= 11 is 0. The molecule has 1 amide bonds. The molecule has 110 valence electrons. The minimum Gasteiger partial charge on any atom is -0.480 e. The lowest BCUT2D eigenvalue weighted by Gasteiger charge is -2.32. The Morgan fingerprint density at radius 3 is 2.70 bits per heavy atom. The highest BCUT2D eigenvalue weighted by Gasteiger charge is 2.34. The lowest BCUT2D eigenvalue weighted by Crippen LogP contribution is -2.52. The first-order valence-corrected chi connectivity index (χ1v) is 6.47. The predicted octanol–water partition coefficient (Wildman–Crippen LogP) is 0.564. The van der Waals surface area contributed by atoms with Crippen molar-refractivity contribution < 1.29 is 19.4 Å². The molecule has 2 heterocycles. The van der Waals surface area contributed by atoms with Gasteiger partial charge in [-0.2, -0.15) is 5.10 Å². The molecule has 0 spiro atoms. The molecule has 1 aliphatic heterocycles. The number of carbonyl (C=O) groups excluding carboxylic acids is 1. The maximum Gasteiger partial charge on any atom is 0.328 e. The molecule has 1 aromatic heterocycles. The van der Waals surface area contributed by atoms with Crippen molar-refractivity contribution in [2.24, 2.45) is 0 Å². The van der Waals surface area contributed by atoms with Gasteiger partial charge < -0.3 is 14.7 Å². The molecule has 1 aliphatic rings. The Kier molecular flexibility index (Phi) is 3.80. The van der Waals surface area contributed by atoms with Crippen molar-refractivity contribution >= 4 is 11.9 Å². The average Bonchev–Trinajstić information content (AvgIpc) is 2.87. The number of ether oxygens (including phenoxy) is 1. The molecule has 20 heavy (non-hydrogen) atoms. The van der Waals surface area contributed by atoms with Crippen LogP contribution in [0.25, 0.3) is 0 Å². The standard InChI is InChI=1S/C13H19N3O4/c1-13(2,3)16-7-9(6-14-16)11(17)15-4-5-20-8-10(15)12(18)19/h6-7,10H,4-5,8H2,1-3H3,(H,18,19)/t10-/m1/s1. The van der Waals surface area contributed by atoms with Crippen molar-refractivity contribution in [1.82, 2.24) is 14.7 Å². The Labute approximate surface area is 117 Å². The van der Waals surface area contributed by atoms with Gasteiger partial charge in [-0.3, -0.25) is 9.48 Å². The van der Waals surface area contributed by atoms with Gasteiger partial charge in [-0.15, -0.1) is 0 Å². The number of amides is 1. The Bertz CT molecular complexity index is 518. The first-order valence-electron chi connectivity index (χ1n) is 6.47. The van der Waals surface area contributed by atoms with E-state index in [1.54, 1.807) is 10.9 Å². The second-order valence-corrected chi connectivity index (χ2v) is 5.77. The molecule has 7 heteroatoms. The Balaban J connectivity index is 2.21. The molecular weight excluding hydrogens is 262 g/mol. The minimum atomic E-state index is -1.05. The van der Waals surface area contributed by atoms with Gasteiger partial charge in [0.05, 0.1) is 30.5 Å². The molecule has 0 aromatic carbocycles. The maximum absolute atomic E-state index is 12.4. The number of carboxylic acid groups (broad SMARTS) is 1. The number of rotatable bonds is 2. The number of carbonyl (C=O) groups is 2. The molecule has 1 aromatic rings. The molecule has 1 atom stereocenters. The van der Waals surface area contributed by atoms with Crippen LogP contribution in [0.2, 0.25) is 0 Å². The second kappa shape index (κ2) is 5.24. The number of carboxylic acids is 1. The SMILES string of the molecule is CC(C)(C)n1cc(C(=O)N2CCOC[C@@H]2C(=O)O)cn1. The van der Waals surface area contributed by atoms with E-state index in [9.17, 15) is 9.59 Å². The molecule has 7 nitrogen and oxygen atoms in total. The van der Waals surface area contributed by atoms with E-state index in [4.69, 9.17) is 9.84 Å². The van der Waals surface area contributed by atoms with E-state index in [2.05, 4.69) is 5.10 Å². The van der Waals surface area contributed by atoms with Crippen LogP contribution in [0.5, 0.6) is 0 Å². The van der Waals surface area contributed by atoms with Gasteiger partial charge in [0, 0.05) is 12.7 Å². The summed E-state index contributed by atoms with van der Waals surface area (Å²) in [5, 5.41) is 13.3. The van der Waals surface area contributed by atoms with Crippen LogP contribution in [-0.4, -0.2) is 57.5 Å². The monoisotopic (exact) mass is 281 g/mol. The molecule has 0 bridgehead atoms. The van der Waals surface area contributed by atoms with Crippen LogP contribution in [-0.2, 0) is 15.1 Å². The summed E-state index contributed by atoms with van der Waals surface area (Å²) in [6, 6.07) is -0.936. The molecule has 1 fully saturated rings. The topological polar surface area (TPSA) is 84.7 Å².